The van der Waals surface area contributed by atoms with E-state index in [4.69, 9.17) is 0 Å². The summed E-state index contributed by atoms with van der Waals surface area (Å²) in [6.07, 6.45) is 4.51. The van der Waals surface area contributed by atoms with Crippen molar-refractivity contribution in [1.29, 1.82) is 0 Å². The Morgan fingerprint density at radius 3 is 2.29 bits per heavy atom. The van der Waals surface area contributed by atoms with Gasteiger partial charge in [-0.3, -0.25) is 4.79 Å². The van der Waals surface area contributed by atoms with E-state index in [1.807, 2.05) is 4.90 Å². The Hall–Kier alpha value is -0.530. The number of nitrogens with zero attached hydrogens (tertiary/aromatic N) is 1. The van der Waals surface area contributed by atoms with Gasteiger partial charge in [0.25, 0.3) is 0 Å². The van der Waals surface area contributed by atoms with Crippen LogP contribution in [-0.2, 0) is 4.79 Å². The second-order valence-corrected chi connectivity index (χ2v) is 6.55. The maximum Gasteiger partial charge on any atom is 0.222 e. The van der Waals surface area contributed by atoms with Crippen LogP contribution in [0.3, 0.4) is 0 Å². The molecule has 0 aromatic rings. The summed E-state index contributed by atoms with van der Waals surface area (Å²) in [5, 5.41) is 0. The molecule has 2 heteroatoms. The summed E-state index contributed by atoms with van der Waals surface area (Å²) in [6.45, 7) is 12.8. The molecule has 2 atom stereocenters. The summed E-state index contributed by atoms with van der Waals surface area (Å²) in [7, 11) is 0. The van der Waals surface area contributed by atoms with E-state index in [0.717, 1.165) is 25.4 Å². The van der Waals surface area contributed by atoms with Gasteiger partial charge in [-0.05, 0) is 50.4 Å². The van der Waals surface area contributed by atoms with E-state index in [0.29, 0.717) is 17.2 Å². The van der Waals surface area contributed by atoms with Crippen molar-refractivity contribution in [1.82, 2.24) is 4.90 Å². The number of amides is 1. The summed E-state index contributed by atoms with van der Waals surface area (Å²) in [4.78, 5) is 14.1. The molecular weight excluding hydrogens is 210 g/mol. The lowest BCUT2D eigenvalue weighted by molar-refractivity contribution is -0.132. The predicted molar refractivity (Wildman–Crippen MR) is 72.8 cm³/mol. The fourth-order valence-corrected chi connectivity index (χ4v) is 3.65. The van der Waals surface area contributed by atoms with Crippen LogP contribution >= 0.6 is 0 Å². The third-order valence-electron chi connectivity index (χ3n) is 4.06. The van der Waals surface area contributed by atoms with E-state index in [9.17, 15) is 4.79 Å². The van der Waals surface area contributed by atoms with Crippen LogP contribution in [0.25, 0.3) is 0 Å². The molecule has 1 saturated carbocycles. The van der Waals surface area contributed by atoms with E-state index in [1.165, 1.54) is 19.3 Å². The fraction of sp³-hybridized carbons (Fsp3) is 0.933. The van der Waals surface area contributed by atoms with Gasteiger partial charge in [-0.1, -0.05) is 20.8 Å². The summed E-state index contributed by atoms with van der Waals surface area (Å²) in [6, 6.07) is 0. The average Bonchev–Trinajstić information content (AvgIpc) is 2.15. The molecule has 2 nitrogen and oxygen atoms in total. The van der Waals surface area contributed by atoms with Gasteiger partial charge in [-0.2, -0.15) is 0 Å². The molecular formula is C15H29NO. The topological polar surface area (TPSA) is 20.3 Å². The van der Waals surface area contributed by atoms with Crippen molar-refractivity contribution in [3.05, 3.63) is 0 Å². The first-order chi connectivity index (χ1) is 7.88. The Morgan fingerprint density at radius 1 is 1.24 bits per heavy atom. The van der Waals surface area contributed by atoms with E-state index in [2.05, 4.69) is 34.6 Å². The average molecular weight is 239 g/mol. The first kappa shape index (κ1) is 14.5. The predicted octanol–water partition coefficient (Wildman–Crippen LogP) is 3.71. The number of hydrogen-bond acceptors (Lipinski definition) is 1. The van der Waals surface area contributed by atoms with Gasteiger partial charge in [0.15, 0.2) is 0 Å². The zero-order valence-corrected chi connectivity index (χ0v) is 12.3. The van der Waals surface area contributed by atoms with Gasteiger partial charge in [0, 0.05) is 19.5 Å². The van der Waals surface area contributed by atoms with Crippen molar-refractivity contribution < 1.29 is 4.79 Å². The first-order valence-corrected chi connectivity index (χ1v) is 7.15. The highest BCUT2D eigenvalue weighted by Gasteiger charge is 2.33. The number of rotatable bonds is 4. The van der Waals surface area contributed by atoms with Crippen LogP contribution in [0.1, 0.15) is 60.3 Å². The number of carbonyl (C=O) groups is 1. The first-order valence-electron chi connectivity index (χ1n) is 7.15. The van der Waals surface area contributed by atoms with Gasteiger partial charge in [0.1, 0.15) is 0 Å². The highest BCUT2D eigenvalue weighted by Crippen LogP contribution is 2.42. The molecule has 0 aliphatic heterocycles. The second kappa shape index (κ2) is 5.88. The van der Waals surface area contributed by atoms with Crippen LogP contribution in [0.5, 0.6) is 0 Å². The molecule has 1 rings (SSSR count). The summed E-state index contributed by atoms with van der Waals surface area (Å²) >= 11 is 0. The Kier molecular flexibility index (Phi) is 5.03. The van der Waals surface area contributed by atoms with Crippen LogP contribution in [0, 0.1) is 17.3 Å². The summed E-state index contributed by atoms with van der Waals surface area (Å²) in [5.74, 6) is 1.72. The molecule has 1 fully saturated rings. The van der Waals surface area contributed by atoms with E-state index >= 15 is 0 Å². The third kappa shape index (κ3) is 4.33. The lowest BCUT2D eigenvalue weighted by Gasteiger charge is -2.39. The van der Waals surface area contributed by atoms with Gasteiger partial charge in [0.2, 0.25) is 5.91 Å². The van der Waals surface area contributed by atoms with Crippen molar-refractivity contribution in [2.75, 3.05) is 13.1 Å². The monoisotopic (exact) mass is 239 g/mol. The molecule has 0 unspecified atom stereocenters. The smallest absolute Gasteiger partial charge is 0.222 e. The maximum atomic E-state index is 12.1. The van der Waals surface area contributed by atoms with Crippen molar-refractivity contribution in [2.45, 2.75) is 60.3 Å². The Balaban J connectivity index is 2.53. The Bertz CT molecular complexity index is 256. The second-order valence-electron chi connectivity index (χ2n) is 6.55. The molecule has 1 aliphatic rings. The minimum Gasteiger partial charge on any atom is -0.343 e. The van der Waals surface area contributed by atoms with Crippen molar-refractivity contribution in [2.24, 2.45) is 17.3 Å². The molecule has 17 heavy (non-hydrogen) atoms. The molecule has 0 aromatic heterocycles. The Labute approximate surface area is 107 Å². The molecule has 0 spiro atoms. The molecule has 0 bridgehead atoms. The number of hydrogen-bond donors (Lipinski definition) is 0. The van der Waals surface area contributed by atoms with E-state index in [1.54, 1.807) is 0 Å². The molecule has 0 saturated heterocycles. The minimum absolute atomic E-state index is 0.352. The molecule has 0 aromatic carbocycles. The zero-order valence-electron chi connectivity index (χ0n) is 12.3. The lowest BCUT2D eigenvalue weighted by Crippen LogP contribution is -2.35. The highest BCUT2D eigenvalue weighted by molar-refractivity contribution is 5.76. The quantitative estimate of drug-likeness (QED) is 0.732. The largest absolute Gasteiger partial charge is 0.343 e. The van der Waals surface area contributed by atoms with Gasteiger partial charge in [-0.25, -0.2) is 0 Å². The Morgan fingerprint density at radius 2 is 1.82 bits per heavy atom. The van der Waals surface area contributed by atoms with Gasteiger partial charge < -0.3 is 4.90 Å². The van der Waals surface area contributed by atoms with Crippen LogP contribution in [0.4, 0.5) is 0 Å². The number of carbonyl (C=O) groups excluding carboxylic acids is 1. The normalized spacial score (nSPS) is 27.8. The molecule has 0 N–H and O–H groups in total. The van der Waals surface area contributed by atoms with Crippen molar-refractivity contribution in [3.63, 3.8) is 0 Å². The van der Waals surface area contributed by atoms with Crippen LogP contribution < -0.4 is 0 Å². The summed E-state index contributed by atoms with van der Waals surface area (Å²) < 4.78 is 0. The molecule has 1 amide bonds. The van der Waals surface area contributed by atoms with Crippen LogP contribution in [0.2, 0.25) is 0 Å². The molecule has 100 valence electrons. The van der Waals surface area contributed by atoms with Crippen LogP contribution in [-0.4, -0.2) is 23.9 Å². The highest BCUT2D eigenvalue weighted by atomic mass is 16.2. The van der Waals surface area contributed by atoms with Gasteiger partial charge >= 0.3 is 0 Å². The lowest BCUT2D eigenvalue weighted by atomic mass is 9.67. The minimum atomic E-state index is 0.352. The van der Waals surface area contributed by atoms with Crippen LogP contribution in [0.15, 0.2) is 0 Å². The van der Waals surface area contributed by atoms with E-state index in [-0.39, 0.29) is 0 Å². The van der Waals surface area contributed by atoms with Gasteiger partial charge in [0.05, 0.1) is 0 Å². The zero-order chi connectivity index (χ0) is 13.1. The fourth-order valence-electron chi connectivity index (χ4n) is 3.65. The molecule has 0 radical (unpaired) electrons. The van der Waals surface area contributed by atoms with Crippen molar-refractivity contribution >= 4 is 5.91 Å². The van der Waals surface area contributed by atoms with Crippen molar-refractivity contribution in [3.8, 4) is 0 Å². The van der Waals surface area contributed by atoms with Gasteiger partial charge in [-0.15, -0.1) is 0 Å². The standard InChI is InChI=1S/C15H29NO/c1-6-16(7-2)14(17)9-13-8-12(3)10-15(4,5)11-13/h12-13H,6-11H2,1-5H3/t12-,13-/m0/s1. The molecule has 0 heterocycles. The summed E-state index contributed by atoms with van der Waals surface area (Å²) in [5.41, 5.74) is 0.422. The SMILES string of the molecule is CCN(CC)C(=O)C[C@@H]1C[C@H](C)CC(C)(C)C1. The maximum absolute atomic E-state index is 12.1. The third-order valence-corrected chi connectivity index (χ3v) is 4.06. The molecule has 1 aliphatic carbocycles. The van der Waals surface area contributed by atoms with E-state index < -0.39 is 0 Å².